The van der Waals surface area contributed by atoms with Gasteiger partial charge in [0.2, 0.25) is 0 Å². The lowest BCUT2D eigenvalue weighted by molar-refractivity contribution is -0.109. The summed E-state index contributed by atoms with van der Waals surface area (Å²) in [6, 6.07) is 13.5. The van der Waals surface area contributed by atoms with Crippen LogP contribution in [0.3, 0.4) is 0 Å². The van der Waals surface area contributed by atoms with Gasteiger partial charge < -0.3 is 9.64 Å². The first-order chi connectivity index (χ1) is 20.6. The Labute approximate surface area is 267 Å². The van der Waals surface area contributed by atoms with Gasteiger partial charge in [-0.05, 0) is 106 Å². The normalized spacial score (nSPS) is 14.8. The quantitative estimate of drug-likeness (QED) is 0.0782. The Morgan fingerprint density at radius 2 is 1.63 bits per heavy atom. The fourth-order valence-corrected chi connectivity index (χ4v) is 5.16. The second-order valence-corrected chi connectivity index (χ2v) is 12.3. The van der Waals surface area contributed by atoms with Gasteiger partial charge in [-0.3, -0.25) is 4.79 Å². The summed E-state index contributed by atoms with van der Waals surface area (Å²) in [4.78, 5) is 13.9. The molecule has 244 valence electrons. The summed E-state index contributed by atoms with van der Waals surface area (Å²) in [7, 11) is 2.78. The van der Waals surface area contributed by atoms with Gasteiger partial charge >= 0.3 is 0 Å². The molecule has 0 aromatic heterocycles. The minimum atomic E-state index is -0.146. The van der Waals surface area contributed by atoms with Crippen molar-refractivity contribution >= 4 is 15.5 Å². The van der Waals surface area contributed by atoms with Gasteiger partial charge in [-0.25, -0.2) is 4.39 Å². The molecule has 43 heavy (non-hydrogen) atoms. The number of aryl methyl sites for hydroxylation is 3. The zero-order chi connectivity index (χ0) is 32.8. The van der Waals surface area contributed by atoms with Crippen molar-refractivity contribution in [2.24, 2.45) is 11.8 Å². The molecule has 2 aromatic rings. The summed E-state index contributed by atoms with van der Waals surface area (Å²) in [6.07, 6.45) is 9.98. The van der Waals surface area contributed by atoms with Gasteiger partial charge in [0.1, 0.15) is 11.9 Å². The van der Waals surface area contributed by atoms with Gasteiger partial charge in [-0.2, -0.15) is 0 Å². The second-order valence-electron chi connectivity index (χ2n) is 11.7. The van der Waals surface area contributed by atoms with E-state index in [1.807, 2.05) is 40.7 Å². The summed E-state index contributed by atoms with van der Waals surface area (Å²) in [5.74, 6) is 2.13. The summed E-state index contributed by atoms with van der Waals surface area (Å²) in [5.41, 5.74) is 5.70. The molecule has 0 saturated heterocycles. The topological polar surface area (TPSA) is 29.5 Å². The highest BCUT2D eigenvalue weighted by Crippen LogP contribution is 2.25. The van der Waals surface area contributed by atoms with E-state index in [2.05, 4.69) is 73.0 Å². The predicted octanol–water partition coefficient (Wildman–Crippen LogP) is 10.5. The van der Waals surface area contributed by atoms with Crippen LogP contribution in [0.1, 0.15) is 110 Å². The number of allylic oxidation sites excluding steroid dienone is 2. The maximum atomic E-state index is 12.4. The summed E-state index contributed by atoms with van der Waals surface area (Å²) in [6.45, 7) is 22.9. The molecule has 0 N–H and O–H groups in total. The maximum Gasteiger partial charge on any atom is 0.186 e. The van der Waals surface area contributed by atoms with E-state index in [1.165, 1.54) is 42.5 Å². The number of benzene rings is 2. The Hall–Kier alpha value is -2.19. The number of nitrogens with zero attached hydrogens (tertiary/aromatic N) is 1. The number of hydrogen-bond donors (Lipinski definition) is 0. The van der Waals surface area contributed by atoms with Gasteiger partial charge in [0.25, 0.3) is 0 Å². The summed E-state index contributed by atoms with van der Waals surface area (Å²) < 4.78 is 18.6. The number of rotatable bonds is 12. The SMILES string of the molecule is CC.CCC(C)C(C)C.CCN(CCCCCP)/C(C)=C(/C=O)OC1CCc2ccccc2C1.Cc1cc(C)cc(F)c1. The highest BCUT2D eigenvalue weighted by molar-refractivity contribution is 7.16. The summed E-state index contributed by atoms with van der Waals surface area (Å²) in [5, 5.41) is 0. The van der Waals surface area contributed by atoms with E-state index in [4.69, 9.17) is 4.74 Å². The van der Waals surface area contributed by atoms with Crippen molar-refractivity contribution in [2.45, 2.75) is 120 Å². The third kappa shape index (κ3) is 17.0. The average molecular weight is 616 g/mol. The monoisotopic (exact) mass is 615 g/mol. The zero-order valence-electron chi connectivity index (χ0n) is 29.1. The third-order valence-corrected chi connectivity index (χ3v) is 8.42. The molecule has 0 radical (unpaired) electrons. The van der Waals surface area contributed by atoms with Crippen LogP contribution in [-0.4, -0.2) is 36.5 Å². The van der Waals surface area contributed by atoms with Crippen LogP contribution in [0.5, 0.6) is 0 Å². The molecule has 3 rings (SSSR count). The third-order valence-electron chi connectivity index (χ3n) is 8.02. The van der Waals surface area contributed by atoms with Crippen molar-refractivity contribution < 1.29 is 13.9 Å². The Morgan fingerprint density at radius 3 is 2.09 bits per heavy atom. The highest BCUT2D eigenvalue weighted by atomic mass is 31.0. The first-order valence-electron chi connectivity index (χ1n) is 16.6. The van der Waals surface area contributed by atoms with Gasteiger partial charge in [0.05, 0.1) is 5.70 Å². The maximum absolute atomic E-state index is 12.4. The zero-order valence-corrected chi connectivity index (χ0v) is 30.3. The van der Waals surface area contributed by atoms with Crippen molar-refractivity contribution in [3.05, 3.63) is 82.0 Å². The first kappa shape index (κ1) is 40.8. The molecule has 0 saturated carbocycles. The van der Waals surface area contributed by atoms with Crippen LogP contribution < -0.4 is 0 Å². The molecule has 0 bridgehead atoms. The van der Waals surface area contributed by atoms with Gasteiger partial charge in [-0.1, -0.05) is 84.7 Å². The molecule has 3 unspecified atom stereocenters. The van der Waals surface area contributed by atoms with Crippen molar-refractivity contribution in [1.29, 1.82) is 0 Å². The van der Waals surface area contributed by atoms with E-state index in [9.17, 15) is 9.18 Å². The molecule has 0 spiro atoms. The number of aldehydes is 1. The molecule has 0 amide bonds. The van der Waals surface area contributed by atoms with Gasteiger partial charge in [0, 0.05) is 19.5 Å². The molecule has 5 heteroatoms. The molecule has 0 heterocycles. The molecular weight excluding hydrogens is 552 g/mol. The second kappa shape index (κ2) is 24.2. The fourth-order valence-electron chi connectivity index (χ4n) is 4.88. The Morgan fingerprint density at radius 1 is 1.02 bits per heavy atom. The van der Waals surface area contributed by atoms with Crippen LogP contribution in [0.4, 0.5) is 4.39 Å². The van der Waals surface area contributed by atoms with Crippen molar-refractivity contribution in [3.63, 3.8) is 0 Å². The number of unbranched alkanes of at least 4 members (excludes halogenated alkanes) is 2. The number of carbonyl (C=O) groups is 1. The average Bonchev–Trinajstić information content (AvgIpc) is 3.00. The molecule has 3 atom stereocenters. The number of carbonyl (C=O) groups excluding carboxylic acids is 1. The first-order valence-corrected chi connectivity index (χ1v) is 17.5. The predicted molar refractivity (Wildman–Crippen MR) is 189 cm³/mol. The standard InChI is InChI=1S/C21H32NO2P.C8H9F.C7H16.C2H6/c1-3-22(13-7-4-8-14-25)17(2)21(16-23)24-20-12-11-18-9-5-6-10-19(18)15-20;1-6-3-7(2)5-8(9)4-6;1-5-7(4)6(2)3;1-2/h5-6,9-10,16,20H,3-4,7-8,11-15,25H2,1-2H3;3-5H,1-2H3;6-7H,5H2,1-4H3;1-2H3/b21-17-;;;. The van der Waals surface area contributed by atoms with Crippen LogP contribution in [0.15, 0.2) is 53.9 Å². The van der Waals surface area contributed by atoms with E-state index < -0.39 is 0 Å². The Bertz CT molecular complexity index is 1000. The van der Waals surface area contributed by atoms with Gasteiger partial charge in [0.15, 0.2) is 12.0 Å². The van der Waals surface area contributed by atoms with Crippen LogP contribution in [0.25, 0.3) is 0 Å². The smallest absolute Gasteiger partial charge is 0.186 e. The van der Waals surface area contributed by atoms with Crippen molar-refractivity contribution in [1.82, 2.24) is 4.90 Å². The fraction of sp³-hybridized carbons (Fsp3) is 0.605. The molecule has 2 aromatic carbocycles. The van der Waals surface area contributed by atoms with E-state index in [1.54, 1.807) is 0 Å². The van der Waals surface area contributed by atoms with Crippen LogP contribution >= 0.6 is 9.24 Å². The highest BCUT2D eigenvalue weighted by Gasteiger charge is 2.22. The lowest BCUT2D eigenvalue weighted by Gasteiger charge is -2.29. The minimum absolute atomic E-state index is 0.0980. The number of fused-ring (bicyclic) bond motifs is 1. The van der Waals surface area contributed by atoms with Crippen molar-refractivity contribution in [2.75, 3.05) is 19.3 Å². The number of hydrogen-bond acceptors (Lipinski definition) is 3. The lowest BCUT2D eigenvalue weighted by Crippen LogP contribution is -2.27. The van der Waals surface area contributed by atoms with E-state index in [0.29, 0.717) is 5.76 Å². The Balaban J connectivity index is 0.000000798. The molecule has 0 aliphatic heterocycles. The largest absolute Gasteiger partial charge is 0.485 e. The van der Waals surface area contributed by atoms with Crippen molar-refractivity contribution in [3.8, 4) is 0 Å². The van der Waals surface area contributed by atoms with Crippen LogP contribution in [0.2, 0.25) is 0 Å². The van der Waals surface area contributed by atoms with E-state index in [0.717, 1.165) is 79.9 Å². The molecule has 1 aliphatic carbocycles. The molecule has 0 fully saturated rings. The molecule has 3 nitrogen and oxygen atoms in total. The lowest BCUT2D eigenvalue weighted by atomic mass is 9.90. The van der Waals surface area contributed by atoms with E-state index >= 15 is 0 Å². The number of ether oxygens (including phenoxy) is 1. The number of halogens is 1. The van der Waals surface area contributed by atoms with E-state index in [-0.39, 0.29) is 11.9 Å². The van der Waals surface area contributed by atoms with Crippen LogP contribution in [-0.2, 0) is 22.4 Å². The molecule has 1 aliphatic rings. The molecular formula is C38H63FNO2P. The van der Waals surface area contributed by atoms with Gasteiger partial charge in [-0.15, -0.1) is 9.24 Å². The summed E-state index contributed by atoms with van der Waals surface area (Å²) >= 11 is 0. The minimum Gasteiger partial charge on any atom is -0.485 e. The Kier molecular flexibility index (Phi) is 22.9. The van der Waals surface area contributed by atoms with Crippen LogP contribution in [0, 0.1) is 31.5 Å².